The van der Waals surface area contributed by atoms with Crippen LogP contribution in [0.15, 0.2) is 6.20 Å². The van der Waals surface area contributed by atoms with Crippen LogP contribution in [0.2, 0.25) is 0 Å². The fraction of sp³-hybridized carbons (Fsp3) is 0.583. The van der Waals surface area contributed by atoms with Gasteiger partial charge in [-0.3, -0.25) is 4.72 Å². The van der Waals surface area contributed by atoms with E-state index in [1.54, 1.807) is 6.92 Å². The number of aryl methyl sites for hydroxylation is 1. The van der Waals surface area contributed by atoms with Crippen molar-refractivity contribution in [3.8, 4) is 0 Å². The van der Waals surface area contributed by atoms with Gasteiger partial charge in [-0.2, -0.15) is 0 Å². The third kappa shape index (κ3) is 4.59. The second kappa shape index (κ2) is 5.24. The third-order valence-electron chi connectivity index (χ3n) is 2.68. The molecule has 0 aliphatic heterocycles. The highest BCUT2D eigenvalue weighted by atomic mass is 32.2. The molecule has 0 aliphatic rings. The Hall–Kier alpha value is -1.50. The summed E-state index contributed by atoms with van der Waals surface area (Å²) in [6.45, 7) is 7.43. The van der Waals surface area contributed by atoms with E-state index >= 15 is 0 Å². The molecule has 0 aliphatic carbocycles. The minimum atomic E-state index is -3.54. The topological polar surface area (TPSA) is 99.3 Å². The fourth-order valence-corrected chi connectivity index (χ4v) is 3.02. The summed E-state index contributed by atoms with van der Waals surface area (Å²) in [6, 6.07) is 0. The van der Waals surface area contributed by atoms with Crippen molar-refractivity contribution < 1.29 is 18.3 Å². The molecule has 1 heterocycles. The number of aromatic amines is 1. The summed E-state index contributed by atoms with van der Waals surface area (Å²) in [5.41, 5.74) is 0.359. The number of sulfonamides is 1. The van der Waals surface area contributed by atoms with Crippen molar-refractivity contribution in [1.82, 2.24) is 4.98 Å². The van der Waals surface area contributed by atoms with Gasteiger partial charge in [0.1, 0.15) is 5.56 Å². The average molecular weight is 288 g/mol. The van der Waals surface area contributed by atoms with Crippen LogP contribution in [0.25, 0.3) is 0 Å². The average Bonchev–Trinajstić information content (AvgIpc) is 2.55. The molecule has 6 nitrogen and oxygen atoms in total. The zero-order chi connectivity index (χ0) is 14.8. The summed E-state index contributed by atoms with van der Waals surface area (Å²) in [6.07, 6.45) is 1.85. The van der Waals surface area contributed by atoms with Crippen molar-refractivity contribution in [2.24, 2.45) is 5.41 Å². The zero-order valence-corrected chi connectivity index (χ0v) is 12.4. The molecule has 0 saturated carbocycles. The van der Waals surface area contributed by atoms with Gasteiger partial charge in [0.05, 0.1) is 11.4 Å². The summed E-state index contributed by atoms with van der Waals surface area (Å²) in [7, 11) is -3.54. The van der Waals surface area contributed by atoms with Crippen molar-refractivity contribution >= 4 is 21.7 Å². The van der Waals surface area contributed by atoms with E-state index in [1.807, 2.05) is 20.8 Å². The number of rotatable bonds is 5. The van der Waals surface area contributed by atoms with Crippen LogP contribution in [0, 0.1) is 12.3 Å². The Bertz CT molecular complexity index is 567. The van der Waals surface area contributed by atoms with Crippen molar-refractivity contribution in [2.75, 3.05) is 10.5 Å². The monoisotopic (exact) mass is 288 g/mol. The number of aromatic carboxylic acids is 1. The third-order valence-corrected chi connectivity index (χ3v) is 3.95. The second-order valence-corrected chi connectivity index (χ2v) is 7.58. The first-order chi connectivity index (χ1) is 8.52. The van der Waals surface area contributed by atoms with Gasteiger partial charge in [-0.25, -0.2) is 13.2 Å². The molecule has 1 aromatic heterocycles. The lowest BCUT2D eigenvalue weighted by Crippen LogP contribution is -2.21. The highest BCUT2D eigenvalue weighted by molar-refractivity contribution is 7.92. The van der Waals surface area contributed by atoms with Crippen molar-refractivity contribution in [2.45, 2.75) is 34.1 Å². The fourth-order valence-electron chi connectivity index (χ4n) is 1.54. The number of carbonyl (C=O) groups is 1. The van der Waals surface area contributed by atoms with Gasteiger partial charge in [0.15, 0.2) is 0 Å². The molecule has 0 atom stereocenters. The molecule has 1 rings (SSSR count). The Kier molecular flexibility index (Phi) is 4.29. The van der Waals surface area contributed by atoms with Crippen LogP contribution in [-0.2, 0) is 10.0 Å². The first-order valence-electron chi connectivity index (χ1n) is 5.93. The molecule has 19 heavy (non-hydrogen) atoms. The van der Waals surface area contributed by atoms with Gasteiger partial charge in [-0.05, 0) is 18.8 Å². The van der Waals surface area contributed by atoms with E-state index in [2.05, 4.69) is 9.71 Å². The van der Waals surface area contributed by atoms with Gasteiger partial charge in [0, 0.05) is 11.9 Å². The lowest BCUT2D eigenvalue weighted by atomic mass is 9.94. The molecule has 1 aromatic rings. The first-order valence-corrected chi connectivity index (χ1v) is 7.59. The van der Waals surface area contributed by atoms with Gasteiger partial charge in [-0.15, -0.1) is 0 Å². The molecule has 7 heteroatoms. The van der Waals surface area contributed by atoms with E-state index in [-0.39, 0.29) is 22.4 Å². The number of aromatic nitrogens is 1. The number of nitrogens with one attached hydrogen (secondary N) is 2. The number of anilines is 1. The molecule has 0 spiro atoms. The predicted octanol–water partition coefficient (Wildman–Crippen LogP) is 2.20. The molecule has 0 amide bonds. The van der Waals surface area contributed by atoms with Crippen LogP contribution in [0.3, 0.4) is 0 Å². The predicted molar refractivity (Wildman–Crippen MR) is 74.0 cm³/mol. The maximum atomic E-state index is 11.9. The number of carboxylic acid groups (broad SMARTS) is 1. The minimum absolute atomic E-state index is 0.0419. The smallest absolute Gasteiger partial charge is 0.339 e. The summed E-state index contributed by atoms with van der Waals surface area (Å²) in [5, 5.41) is 9.04. The molecule has 0 fully saturated rings. The van der Waals surface area contributed by atoms with Crippen LogP contribution in [-0.4, -0.2) is 30.2 Å². The highest BCUT2D eigenvalue weighted by Gasteiger charge is 2.21. The van der Waals surface area contributed by atoms with Gasteiger partial charge in [0.25, 0.3) is 0 Å². The van der Waals surface area contributed by atoms with Crippen LogP contribution < -0.4 is 4.72 Å². The lowest BCUT2D eigenvalue weighted by Gasteiger charge is -2.18. The largest absolute Gasteiger partial charge is 0.478 e. The van der Waals surface area contributed by atoms with Crippen LogP contribution >= 0.6 is 0 Å². The van der Waals surface area contributed by atoms with E-state index < -0.39 is 16.0 Å². The molecule has 0 unspecified atom stereocenters. The van der Waals surface area contributed by atoms with E-state index in [4.69, 9.17) is 5.11 Å². The maximum absolute atomic E-state index is 11.9. The molecule has 0 aromatic carbocycles. The number of hydrogen-bond donors (Lipinski definition) is 3. The summed E-state index contributed by atoms with van der Waals surface area (Å²) >= 11 is 0. The Morgan fingerprint density at radius 2 is 2.00 bits per heavy atom. The van der Waals surface area contributed by atoms with Crippen LogP contribution in [0.1, 0.15) is 43.2 Å². The summed E-state index contributed by atoms with van der Waals surface area (Å²) < 4.78 is 26.1. The molecule has 108 valence electrons. The molecular weight excluding hydrogens is 268 g/mol. The highest BCUT2D eigenvalue weighted by Crippen LogP contribution is 2.23. The molecular formula is C12H20N2O4S. The zero-order valence-electron chi connectivity index (χ0n) is 11.6. The second-order valence-electron chi connectivity index (χ2n) is 5.74. The van der Waals surface area contributed by atoms with E-state index in [0.717, 1.165) is 0 Å². The first kappa shape index (κ1) is 15.6. The Morgan fingerprint density at radius 1 is 1.42 bits per heavy atom. The van der Waals surface area contributed by atoms with Crippen LogP contribution in [0.4, 0.5) is 5.69 Å². The number of carboxylic acids is 1. The molecule has 3 N–H and O–H groups in total. The summed E-state index contributed by atoms with van der Waals surface area (Å²) in [5.74, 6) is -1.20. The Labute approximate surface area is 113 Å². The molecule has 0 saturated heterocycles. The van der Waals surface area contributed by atoms with Gasteiger partial charge in [-0.1, -0.05) is 20.8 Å². The SMILES string of the molecule is Cc1[nH]cc(NS(=O)(=O)CCC(C)(C)C)c1C(=O)O. The Morgan fingerprint density at radius 3 is 2.47 bits per heavy atom. The van der Waals surface area contributed by atoms with E-state index in [0.29, 0.717) is 12.1 Å². The van der Waals surface area contributed by atoms with Gasteiger partial charge >= 0.3 is 5.97 Å². The van der Waals surface area contributed by atoms with Gasteiger partial charge in [0.2, 0.25) is 10.0 Å². The number of H-pyrrole nitrogens is 1. The van der Waals surface area contributed by atoms with Crippen molar-refractivity contribution in [3.63, 3.8) is 0 Å². The Balaban J connectivity index is 2.88. The lowest BCUT2D eigenvalue weighted by molar-refractivity contribution is 0.0697. The standard InChI is InChI=1S/C12H20N2O4S/c1-8-10(11(15)16)9(7-13-8)14-19(17,18)6-5-12(2,3)4/h7,13-14H,5-6H2,1-4H3,(H,15,16). The summed E-state index contributed by atoms with van der Waals surface area (Å²) in [4.78, 5) is 13.8. The van der Waals surface area contributed by atoms with Crippen LogP contribution in [0.5, 0.6) is 0 Å². The normalized spacial score (nSPS) is 12.4. The maximum Gasteiger partial charge on any atom is 0.339 e. The van der Waals surface area contributed by atoms with E-state index in [1.165, 1.54) is 6.20 Å². The minimum Gasteiger partial charge on any atom is -0.478 e. The quantitative estimate of drug-likeness (QED) is 0.773. The number of hydrogen-bond acceptors (Lipinski definition) is 3. The van der Waals surface area contributed by atoms with Gasteiger partial charge < -0.3 is 10.1 Å². The molecule has 0 bridgehead atoms. The van der Waals surface area contributed by atoms with Crippen molar-refractivity contribution in [1.29, 1.82) is 0 Å². The van der Waals surface area contributed by atoms with Crippen molar-refractivity contribution in [3.05, 3.63) is 17.5 Å². The van der Waals surface area contributed by atoms with E-state index in [9.17, 15) is 13.2 Å². The molecule has 0 radical (unpaired) electrons.